The maximum atomic E-state index is 12.6. The molecule has 6 rings (SSSR count). The monoisotopic (exact) mass is 854 g/mol. The van der Waals surface area contributed by atoms with Crippen molar-refractivity contribution >= 4 is 92.8 Å². The molecule has 2 heterocycles. The zero-order valence-electron chi connectivity index (χ0n) is 32.0. The van der Waals surface area contributed by atoms with Crippen molar-refractivity contribution < 1.29 is 37.8 Å². The first-order chi connectivity index (χ1) is 29.0. The first-order valence-corrected chi connectivity index (χ1v) is 20.1. The molecule has 6 aromatic rings. The summed E-state index contributed by atoms with van der Waals surface area (Å²) in [6.45, 7) is 0.191. The van der Waals surface area contributed by atoms with E-state index in [1.54, 1.807) is 48.2 Å². The number of hydrogen-bond acceptors (Lipinski definition) is 21. The van der Waals surface area contributed by atoms with Crippen LogP contribution in [0.15, 0.2) is 107 Å². The van der Waals surface area contributed by atoms with Gasteiger partial charge in [-0.05, 0) is 59.7 Å². The van der Waals surface area contributed by atoms with Gasteiger partial charge < -0.3 is 51.1 Å². The van der Waals surface area contributed by atoms with E-state index in [1.165, 1.54) is 18.2 Å². The van der Waals surface area contributed by atoms with Gasteiger partial charge in [0, 0.05) is 54.8 Å². The maximum Gasteiger partial charge on any atom is 0.233 e. The molecule has 4 aromatic carbocycles. The van der Waals surface area contributed by atoms with Crippen LogP contribution in [0.3, 0.4) is 0 Å². The molecule has 0 fully saturated rings. The summed E-state index contributed by atoms with van der Waals surface area (Å²) in [5, 5.41) is 45.7. The number of rotatable bonds is 20. The summed E-state index contributed by atoms with van der Waals surface area (Å²) >= 11 is 0.589. The van der Waals surface area contributed by atoms with Crippen molar-refractivity contribution in [3.05, 3.63) is 108 Å². The van der Waals surface area contributed by atoms with Gasteiger partial charge in [-0.3, -0.25) is 5.04 Å². The highest BCUT2D eigenvalue weighted by atomic mass is 32.2. The highest BCUT2D eigenvalue weighted by Crippen LogP contribution is 2.32. The normalized spacial score (nSPS) is 11.4. The van der Waals surface area contributed by atoms with Crippen LogP contribution in [0, 0.1) is 0 Å². The van der Waals surface area contributed by atoms with Gasteiger partial charge in [0.05, 0.1) is 30.2 Å². The second kappa shape index (κ2) is 20.5. The zero-order valence-corrected chi connectivity index (χ0v) is 33.6. The van der Waals surface area contributed by atoms with Gasteiger partial charge in [0.15, 0.2) is 0 Å². The molecule has 0 unspecified atom stereocenters. The number of anilines is 10. The van der Waals surface area contributed by atoms with Gasteiger partial charge in [-0.1, -0.05) is 60.7 Å². The molecule has 22 heteroatoms. The molecule has 0 amide bonds. The molecular weight excluding hydrogens is 817 g/mol. The van der Waals surface area contributed by atoms with Crippen LogP contribution in [0.4, 0.5) is 58.4 Å². The van der Waals surface area contributed by atoms with Crippen molar-refractivity contribution in [1.29, 1.82) is 0 Å². The SMILES string of the molecule is CN(CCO)c1nc(Nc2ccccc2)nc(Nc2ccc(/C=C/c3ccc(Nc4nc(Nc5ccccc5)nc(N(C)CCO)n4)cc3S(=O)(=O)[O-])c(SOO[O-])c2)n1. The number of nitrogens with zero attached hydrogens (tertiary/aromatic N) is 8. The highest BCUT2D eigenvalue weighted by Gasteiger charge is 2.16. The van der Waals surface area contributed by atoms with Crippen molar-refractivity contribution in [1.82, 2.24) is 29.9 Å². The first kappa shape index (κ1) is 43.1. The maximum absolute atomic E-state index is 12.6. The minimum Gasteiger partial charge on any atom is -0.744 e. The topological polar surface area (TPSA) is 271 Å². The average molecular weight is 855 g/mol. The molecule has 0 radical (unpaired) electrons. The molecule has 20 nitrogen and oxygen atoms in total. The number of nitrogens with one attached hydrogen (secondary N) is 4. The van der Waals surface area contributed by atoms with Crippen molar-refractivity contribution in [3.63, 3.8) is 0 Å². The number of likely N-dealkylation sites (N-methyl/N-ethyl adjacent to an activating group) is 2. The van der Waals surface area contributed by atoms with Crippen LogP contribution in [0.25, 0.3) is 12.2 Å². The van der Waals surface area contributed by atoms with E-state index >= 15 is 0 Å². The Morgan fingerprint density at radius 3 is 1.52 bits per heavy atom. The third kappa shape index (κ3) is 12.0. The Kier molecular flexibility index (Phi) is 14.7. The van der Waals surface area contributed by atoms with Gasteiger partial charge in [-0.2, -0.15) is 34.2 Å². The van der Waals surface area contributed by atoms with Crippen LogP contribution in [0.5, 0.6) is 0 Å². The summed E-state index contributed by atoms with van der Waals surface area (Å²) in [6.07, 6.45) is 2.95. The summed E-state index contributed by atoms with van der Waals surface area (Å²) in [4.78, 5) is 29.8. The third-order valence-corrected chi connectivity index (χ3v) is 9.81. The minimum atomic E-state index is -5.02. The zero-order chi connectivity index (χ0) is 42.5. The minimum absolute atomic E-state index is 0.0333. The van der Waals surface area contributed by atoms with E-state index in [-0.39, 0.29) is 73.2 Å². The van der Waals surface area contributed by atoms with Gasteiger partial charge in [0.1, 0.15) is 10.1 Å². The van der Waals surface area contributed by atoms with Crippen LogP contribution in [0.1, 0.15) is 11.1 Å². The summed E-state index contributed by atoms with van der Waals surface area (Å²) in [7, 11) is -1.61. The number of aromatic nitrogens is 6. The molecule has 0 atom stereocenters. The lowest BCUT2D eigenvalue weighted by molar-refractivity contribution is -0.777. The molecule has 0 saturated heterocycles. The number of hydrogen-bond donors (Lipinski definition) is 6. The van der Waals surface area contributed by atoms with Gasteiger partial charge in [-0.15, -0.1) is 0 Å². The molecule has 0 bridgehead atoms. The fourth-order valence-corrected chi connectivity index (χ4v) is 6.58. The predicted molar refractivity (Wildman–Crippen MR) is 224 cm³/mol. The fraction of sp³-hybridized carbons (Fsp3) is 0.158. The Morgan fingerprint density at radius 2 is 1.07 bits per heavy atom. The van der Waals surface area contributed by atoms with E-state index in [0.29, 0.717) is 33.9 Å². The Labute approximate surface area is 348 Å². The predicted octanol–water partition coefficient (Wildman–Crippen LogP) is 4.19. The van der Waals surface area contributed by atoms with Gasteiger partial charge in [-0.25, -0.2) is 8.42 Å². The Morgan fingerprint density at radius 1 is 0.633 bits per heavy atom. The Hall–Kier alpha value is -6.50. The highest BCUT2D eigenvalue weighted by molar-refractivity contribution is 7.94. The van der Waals surface area contributed by atoms with E-state index in [1.807, 2.05) is 60.7 Å². The van der Waals surface area contributed by atoms with Crippen LogP contribution in [0.2, 0.25) is 0 Å². The number of para-hydroxylation sites is 2. The second-order valence-corrected chi connectivity index (χ2v) is 14.7. The van der Waals surface area contributed by atoms with Crippen LogP contribution in [-0.2, 0) is 19.5 Å². The van der Waals surface area contributed by atoms with E-state index in [4.69, 9.17) is 0 Å². The van der Waals surface area contributed by atoms with Gasteiger partial charge >= 0.3 is 0 Å². The van der Waals surface area contributed by atoms with Crippen molar-refractivity contribution in [2.24, 2.45) is 0 Å². The molecule has 0 aliphatic heterocycles. The average Bonchev–Trinajstić information content (AvgIpc) is 3.23. The number of aliphatic hydroxyl groups excluding tert-OH is 2. The number of benzene rings is 4. The van der Waals surface area contributed by atoms with Crippen LogP contribution in [-0.4, -0.2) is 93.5 Å². The van der Waals surface area contributed by atoms with Crippen molar-refractivity contribution in [2.45, 2.75) is 9.79 Å². The largest absolute Gasteiger partial charge is 0.744 e. The molecule has 2 aromatic heterocycles. The lowest BCUT2D eigenvalue weighted by Gasteiger charge is -2.18. The van der Waals surface area contributed by atoms with E-state index in [0.717, 1.165) is 11.8 Å². The van der Waals surface area contributed by atoms with E-state index in [9.17, 15) is 28.4 Å². The number of aliphatic hydroxyl groups is 2. The first-order valence-electron chi connectivity index (χ1n) is 17.9. The Balaban J connectivity index is 1.27. The quantitative estimate of drug-likeness (QED) is 0.0206. The standard InChI is InChI=1S/C38H40N12O8S2/c1-49(19-21-51)37-45-33(39-27-9-5-3-6-10-27)43-35(47-37)41-29-17-15-25(31(23-29)59-58-57-53)13-14-26-16-18-30(24-32(26)60(54,55)56)42-36-44-34(40-28-11-7-4-8-12-28)46-38(48-36)50(2)20-22-52/h3-18,23-24,51-53H,19-22H2,1-2H3,(H,54,55,56)(H2,39,41,43,45,47)(H2,40,42,44,46,48)/p-2/b14-13+. The fourth-order valence-electron chi connectivity index (χ4n) is 5.37. The molecule has 0 aliphatic carbocycles. The van der Waals surface area contributed by atoms with E-state index < -0.39 is 15.0 Å². The van der Waals surface area contributed by atoms with Crippen LogP contribution >= 0.6 is 12.0 Å². The summed E-state index contributed by atoms with van der Waals surface area (Å²) in [6, 6.07) is 27.5. The molecule has 6 N–H and O–H groups in total. The lowest BCUT2D eigenvalue weighted by Crippen LogP contribution is -2.24. The van der Waals surface area contributed by atoms with Gasteiger partial charge in [0.2, 0.25) is 35.7 Å². The summed E-state index contributed by atoms with van der Waals surface area (Å²) < 4.78 is 42.4. The van der Waals surface area contributed by atoms with Crippen LogP contribution < -0.4 is 36.3 Å². The molecule has 312 valence electrons. The van der Waals surface area contributed by atoms with Crippen molar-refractivity contribution in [2.75, 3.05) is 71.5 Å². The molecular formula is C38H38N12O8S2-2. The summed E-state index contributed by atoms with van der Waals surface area (Å²) in [5.41, 5.74) is 2.59. The lowest BCUT2D eigenvalue weighted by atomic mass is 10.1. The Bertz CT molecular complexity index is 2510. The summed E-state index contributed by atoms with van der Waals surface area (Å²) in [5.74, 6) is 1.07. The van der Waals surface area contributed by atoms with E-state index in [2.05, 4.69) is 60.5 Å². The van der Waals surface area contributed by atoms with Gasteiger partial charge in [0.25, 0.3) is 0 Å². The smallest absolute Gasteiger partial charge is 0.233 e. The molecule has 0 aliphatic rings. The third-order valence-electron chi connectivity index (χ3n) is 8.26. The molecule has 0 spiro atoms. The molecule has 60 heavy (non-hydrogen) atoms. The van der Waals surface area contributed by atoms with Crippen molar-refractivity contribution in [3.8, 4) is 0 Å². The second-order valence-electron chi connectivity index (χ2n) is 12.6. The molecule has 0 saturated carbocycles.